The molecule has 0 aliphatic rings. The lowest BCUT2D eigenvalue weighted by atomic mass is 10.3. The van der Waals surface area contributed by atoms with Gasteiger partial charge in [0.2, 0.25) is 0 Å². The van der Waals surface area contributed by atoms with Gasteiger partial charge in [0.05, 0.1) is 0 Å². The maximum atomic E-state index is 13.8. The van der Waals surface area contributed by atoms with E-state index in [1.54, 1.807) is 31.2 Å². The van der Waals surface area contributed by atoms with Gasteiger partial charge in [0.1, 0.15) is 17.2 Å². The van der Waals surface area contributed by atoms with E-state index in [1.807, 2.05) is 54.6 Å². The first-order chi connectivity index (χ1) is 13.9. The first-order valence-corrected chi connectivity index (χ1v) is 14.2. The van der Waals surface area contributed by atoms with Gasteiger partial charge in [-0.2, -0.15) is 0 Å². The molecule has 3 aromatic carbocycles. The minimum Gasteiger partial charge on any atom is -0.415 e. The lowest BCUT2D eigenvalue weighted by molar-refractivity contribution is 0.381. The van der Waals surface area contributed by atoms with E-state index in [4.69, 9.17) is 9.05 Å². The lowest BCUT2D eigenvalue weighted by Gasteiger charge is -2.23. The number of rotatable bonds is 6. The predicted molar refractivity (Wildman–Crippen MR) is 123 cm³/mol. The summed E-state index contributed by atoms with van der Waals surface area (Å²) in [7, 11) is -5.58. The predicted octanol–water partition coefficient (Wildman–Crippen LogP) is 5.88. The molecule has 0 heterocycles. The molecule has 148 valence electrons. The Morgan fingerprint density at radius 1 is 0.759 bits per heavy atom. The van der Waals surface area contributed by atoms with Gasteiger partial charge in [0.15, 0.2) is 8.07 Å². The van der Waals surface area contributed by atoms with Crippen LogP contribution in [0.5, 0.6) is 11.5 Å². The van der Waals surface area contributed by atoms with Crippen molar-refractivity contribution in [3.63, 3.8) is 0 Å². The molecule has 0 unspecified atom stereocenters. The Hall–Kier alpha value is -2.73. The molecule has 0 bridgehead atoms. The maximum absolute atomic E-state index is 13.8. The Labute approximate surface area is 174 Å². The molecular weight excluding hydrogens is 395 g/mol. The summed E-state index contributed by atoms with van der Waals surface area (Å²) in [5, 5.41) is 1.24. The Morgan fingerprint density at radius 2 is 1.17 bits per heavy atom. The number of hydrogen-bond acceptors (Lipinski definition) is 3. The van der Waals surface area contributed by atoms with Gasteiger partial charge < -0.3 is 9.05 Å². The van der Waals surface area contributed by atoms with E-state index < -0.39 is 21.3 Å². The first kappa shape index (κ1) is 21.0. The molecule has 0 fully saturated rings. The van der Waals surface area contributed by atoms with E-state index in [9.17, 15) is 4.57 Å². The van der Waals surface area contributed by atoms with Gasteiger partial charge in [-0.25, -0.2) is 4.57 Å². The number of para-hydroxylation sites is 2. The molecule has 3 nitrogen and oxygen atoms in total. The molecule has 0 spiro atoms. The smallest absolute Gasteiger partial charge is 0.415 e. The van der Waals surface area contributed by atoms with Crippen LogP contribution in [0, 0.1) is 11.5 Å². The maximum Gasteiger partial charge on any atom is 0.445 e. The zero-order valence-electron chi connectivity index (χ0n) is 16.9. The summed E-state index contributed by atoms with van der Waals surface area (Å²) in [6, 6.07) is 28.4. The van der Waals surface area contributed by atoms with Crippen LogP contribution in [0.15, 0.2) is 91.0 Å². The third-order valence-electron chi connectivity index (χ3n) is 4.52. The molecule has 0 saturated carbocycles. The topological polar surface area (TPSA) is 35.5 Å². The molecule has 0 aliphatic heterocycles. The number of benzene rings is 3. The number of hydrogen-bond donors (Lipinski definition) is 0. The third kappa shape index (κ3) is 5.64. The highest BCUT2D eigenvalue weighted by molar-refractivity contribution is 7.55. The Morgan fingerprint density at radius 3 is 1.62 bits per heavy atom. The molecule has 0 radical (unpaired) electrons. The van der Waals surface area contributed by atoms with Crippen molar-refractivity contribution in [3.05, 3.63) is 91.0 Å². The highest BCUT2D eigenvalue weighted by Crippen LogP contribution is 2.52. The van der Waals surface area contributed by atoms with Crippen LogP contribution in [0.1, 0.15) is 6.92 Å². The van der Waals surface area contributed by atoms with E-state index in [2.05, 4.69) is 36.7 Å². The largest absolute Gasteiger partial charge is 0.445 e. The molecular formula is C24H25O3PSi. The minimum absolute atomic E-state index is 0.500. The summed E-state index contributed by atoms with van der Waals surface area (Å²) in [5.74, 6) is 4.20. The highest BCUT2D eigenvalue weighted by Gasteiger charge is 2.35. The van der Waals surface area contributed by atoms with Gasteiger partial charge in [-0.1, -0.05) is 85.7 Å². The van der Waals surface area contributed by atoms with Gasteiger partial charge >= 0.3 is 7.60 Å². The van der Waals surface area contributed by atoms with Crippen LogP contribution < -0.4 is 14.2 Å². The fourth-order valence-corrected chi connectivity index (χ4v) is 6.00. The van der Waals surface area contributed by atoms with Crippen molar-refractivity contribution in [1.29, 1.82) is 0 Å². The normalized spacial score (nSPS) is 12.4. The summed E-state index contributed by atoms with van der Waals surface area (Å²) in [6.07, 6.45) is 0. The lowest BCUT2D eigenvalue weighted by Crippen LogP contribution is -2.40. The second kappa shape index (κ2) is 9.18. The molecule has 3 rings (SSSR count). The summed E-state index contributed by atoms with van der Waals surface area (Å²) in [5.41, 5.74) is 2.82. The van der Waals surface area contributed by atoms with Crippen molar-refractivity contribution in [2.75, 3.05) is 0 Å². The average Bonchev–Trinajstić information content (AvgIpc) is 2.74. The van der Waals surface area contributed by atoms with Crippen molar-refractivity contribution < 1.29 is 13.6 Å². The molecule has 29 heavy (non-hydrogen) atoms. The zero-order valence-corrected chi connectivity index (χ0v) is 18.8. The monoisotopic (exact) mass is 420 g/mol. The Balaban J connectivity index is 1.90. The second-order valence-electron chi connectivity index (χ2n) is 7.28. The average molecular weight is 421 g/mol. The Bertz CT molecular complexity index is 980. The summed E-state index contributed by atoms with van der Waals surface area (Å²) < 4.78 is 25.5. The third-order valence-corrected chi connectivity index (χ3v) is 9.07. The highest BCUT2D eigenvalue weighted by atomic mass is 31.2. The Kier molecular flexibility index (Phi) is 6.64. The van der Waals surface area contributed by atoms with Crippen LogP contribution in [0.3, 0.4) is 0 Å². The van der Waals surface area contributed by atoms with Crippen LogP contribution in [-0.4, -0.2) is 13.7 Å². The molecule has 5 heteroatoms. The van der Waals surface area contributed by atoms with Crippen LogP contribution >= 0.6 is 7.60 Å². The quantitative estimate of drug-likeness (QED) is 0.284. The van der Waals surface area contributed by atoms with Crippen LogP contribution in [0.25, 0.3) is 0 Å². The molecule has 0 aliphatic carbocycles. The fraction of sp³-hybridized carbons (Fsp3) is 0.167. The van der Waals surface area contributed by atoms with Crippen LogP contribution in [0.2, 0.25) is 13.1 Å². The van der Waals surface area contributed by atoms with E-state index in [1.165, 1.54) is 5.19 Å². The van der Waals surface area contributed by atoms with Crippen LogP contribution in [-0.2, 0) is 4.57 Å². The molecule has 0 amide bonds. The minimum atomic E-state index is -3.58. The van der Waals surface area contributed by atoms with Crippen molar-refractivity contribution in [3.8, 4) is 23.0 Å². The summed E-state index contributed by atoms with van der Waals surface area (Å²) in [4.78, 5) is 0. The molecule has 0 aromatic heterocycles. The van der Waals surface area contributed by atoms with Gasteiger partial charge in [0.25, 0.3) is 0 Å². The van der Waals surface area contributed by atoms with Crippen molar-refractivity contribution in [2.45, 2.75) is 25.7 Å². The fourth-order valence-electron chi connectivity index (χ4n) is 2.72. The van der Waals surface area contributed by atoms with E-state index in [-0.39, 0.29) is 0 Å². The summed E-state index contributed by atoms with van der Waals surface area (Å²) in [6.45, 7) is 6.17. The van der Waals surface area contributed by atoms with Gasteiger partial charge in [-0.3, -0.25) is 0 Å². The van der Waals surface area contributed by atoms with Crippen LogP contribution in [0.4, 0.5) is 0 Å². The molecule has 0 N–H and O–H groups in total. The zero-order chi connectivity index (χ0) is 20.7. The van der Waals surface area contributed by atoms with Gasteiger partial charge in [-0.15, -0.1) is 5.54 Å². The first-order valence-electron chi connectivity index (χ1n) is 9.56. The van der Waals surface area contributed by atoms with E-state index in [0.29, 0.717) is 11.5 Å². The second-order valence-corrected chi connectivity index (χ2v) is 13.6. The van der Waals surface area contributed by atoms with Gasteiger partial charge in [0, 0.05) is 0 Å². The summed E-state index contributed by atoms with van der Waals surface area (Å²) >= 11 is 0. The molecule has 0 saturated heterocycles. The van der Waals surface area contributed by atoms with E-state index in [0.717, 1.165) is 0 Å². The van der Waals surface area contributed by atoms with Crippen molar-refractivity contribution in [1.82, 2.24) is 0 Å². The standard InChI is InChI=1S/C24H25O3PSi/c1-21(19-20-29(2,3)24-17-11-6-12-18-24)28(25,26-22-13-7-4-8-14-22)27-23-15-9-5-10-16-23/h4-18,21H,1-3H3/t21-/m1/s1. The SMILES string of the molecule is C[C@H](C#C[Si](C)(C)c1ccccc1)P(=O)(Oc1ccccc1)Oc1ccccc1. The molecule has 1 atom stereocenters. The van der Waals surface area contributed by atoms with Crippen molar-refractivity contribution >= 4 is 20.9 Å². The van der Waals surface area contributed by atoms with E-state index >= 15 is 0 Å². The molecule has 3 aromatic rings. The van der Waals surface area contributed by atoms with Crippen molar-refractivity contribution in [2.24, 2.45) is 0 Å². The van der Waals surface area contributed by atoms with Gasteiger partial charge in [-0.05, 0) is 36.4 Å².